The molecule has 132 valence electrons. The molecule has 1 aromatic carbocycles. The minimum atomic E-state index is -0.909. The predicted molar refractivity (Wildman–Crippen MR) is 84.0 cm³/mol. The number of nitrogens with zero attached hydrogens (tertiary/aromatic N) is 4. The molecule has 1 heterocycles. The molecule has 1 unspecified atom stereocenters. The lowest BCUT2D eigenvalue weighted by atomic mass is 10.0. The Morgan fingerprint density at radius 2 is 2.20 bits per heavy atom. The lowest BCUT2D eigenvalue weighted by Crippen LogP contribution is -2.40. The van der Waals surface area contributed by atoms with Gasteiger partial charge in [-0.25, -0.2) is 9.07 Å². The maximum absolute atomic E-state index is 13.4. The van der Waals surface area contributed by atoms with Crippen molar-refractivity contribution in [1.82, 2.24) is 25.5 Å². The van der Waals surface area contributed by atoms with Crippen LogP contribution in [-0.2, 0) is 16.0 Å². The summed E-state index contributed by atoms with van der Waals surface area (Å²) in [4.78, 5) is 23.9. The molecular weight excluding hydrogens is 329 g/mol. The molecule has 0 radical (unpaired) electrons. The van der Waals surface area contributed by atoms with E-state index in [0.717, 1.165) is 0 Å². The van der Waals surface area contributed by atoms with Crippen LogP contribution in [-0.4, -0.2) is 43.7 Å². The molecule has 1 amide bonds. The fourth-order valence-electron chi connectivity index (χ4n) is 2.69. The summed E-state index contributed by atoms with van der Waals surface area (Å²) in [7, 11) is 0. The maximum atomic E-state index is 13.4. The van der Waals surface area contributed by atoms with Gasteiger partial charge in [0.15, 0.2) is 0 Å². The first-order valence-corrected chi connectivity index (χ1v) is 7.91. The van der Waals surface area contributed by atoms with Gasteiger partial charge in [0.1, 0.15) is 17.7 Å². The van der Waals surface area contributed by atoms with Crippen molar-refractivity contribution in [3.8, 4) is 0 Å². The summed E-state index contributed by atoms with van der Waals surface area (Å²) in [6.07, 6.45) is 1.28. The van der Waals surface area contributed by atoms with Crippen molar-refractivity contribution in [2.75, 3.05) is 6.54 Å². The largest absolute Gasteiger partial charge is 0.481 e. The minimum absolute atomic E-state index is 0.0575. The van der Waals surface area contributed by atoms with Crippen molar-refractivity contribution in [1.29, 1.82) is 0 Å². The molecule has 1 fully saturated rings. The third-order valence-corrected chi connectivity index (χ3v) is 4.48. The lowest BCUT2D eigenvalue weighted by Gasteiger charge is -2.19. The van der Waals surface area contributed by atoms with Gasteiger partial charge in [-0.05, 0) is 47.9 Å². The fraction of sp³-hybridized carbons (Fsp3) is 0.438. The Kier molecular flexibility index (Phi) is 4.47. The van der Waals surface area contributed by atoms with Crippen LogP contribution in [0.4, 0.5) is 4.39 Å². The molecule has 9 heteroatoms. The molecule has 8 nitrogen and oxygen atoms in total. The van der Waals surface area contributed by atoms with Crippen molar-refractivity contribution >= 4 is 11.9 Å². The van der Waals surface area contributed by atoms with Gasteiger partial charge in [-0.15, -0.1) is 5.10 Å². The molecule has 1 aliphatic rings. The average Bonchev–Trinajstić information content (AvgIpc) is 3.26. The Hall–Kier alpha value is -2.84. The second-order valence-electron chi connectivity index (χ2n) is 6.32. The van der Waals surface area contributed by atoms with E-state index in [0.29, 0.717) is 24.2 Å². The number of tetrazole rings is 1. The molecule has 1 atom stereocenters. The van der Waals surface area contributed by atoms with Crippen molar-refractivity contribution in [3.05, 3.63) is 41.5 Å². The van der Waals surface area contributed by atoms with E-state index in [-0.39, 0.29) is 13.0 Å². The first kappa shape index (κ1) is 17.0. The van der Waals surface area contributed by atoms with Gasteiger partial charge in [-0.3, -0.25) is 9.59 Å². The molecule has 25 heavy (non-hydrogen) atoms. The molecule has 3 rings (SSSR count). The Morgan fingerprint density at radius 3 is 2.76 bits per heavy atom. The smallest absolute Gasteiger partial charge is 0.311 e. The first-order chi connectivity index (χ1) is 11.9. The third kappa shape index (κ3) is 3.65. The molecule has 2 aromatic rings. The second-order valence-corrected chi connectivity index (χ2v) is 6.32. The molecule has 0 aliphatic heterocycles. The van der Waals surface area contributed by atoms with Crippen molar-refractivity contribution in [3.63, 3.8) is 0 Å². The van der Waals surface area contributed by atoms with Crippen LogP contribution in [0.15, 0.2) is 24.3 Å². The van der Waals surface area contributed by atoms with Crippen molar-refractivity contribution < 1.29 is 19.1 Å². The van der Waals surface area contributed by atoms with E-state index in [1.54, 1.807) is 19.1 Å². The van der Waals surface area contributed by atoms with Crippen LogP contribution < -0.4 is 5.32 Å². The third-order valence-electron chi connectivity index (χ3n) is 4.48. The SMILES string of the molecule is Cc1nnnn1C(Cc1cccc(F)c1)C(=O)NCC1(C(=O)O)CC1. The highest BCUT2D eigenvalue weighted by atomic mass is 19.1. The van der Waals surface area contributed by atoms with Gasteiger partial charge < -0.3 is 10.4 Å². The monoisotopic (exact) mass is 347 g/mol. The van der Waals surface area contributed by atoms with Gasteiger partial charge in [0.2, 0.25) is 5.91 Å². The topological polar surface area (TPSA) is 110 Å². The maximum Gasteiger partial charge on any atom is 0.311 e. The van der Waals surface area contributed by atoms with Gasteiger partial charge in [-0.2, -0.15) is 0 Å². The fourth-order valence-corrected chi connectivity index (χ4v) is 2.69. The number of carboxylic acid groups (broad SMARTS) is 1. The number of rotatable bonds is 7. The molecule has 0 bridgehead atoms. The summed E-state index contributed by atoms with van der Waals surface area (Å²) in [5, 5.41) is 23.1. The van der Waals surface area contributed by atoms with Crippen LogP contribution in [0.25, 0.3) is 0 Å². The summed E-state index contributed by atoms with van der Waals surface area (Å²) in [5.41, 5.74) is -0.247. The number of carboxylic acids is 1. The summed E-state index contributed by atoms with van der Waals surface area (Å²) in [6.45, 7) is 1.72. The number of aromatic nitrogens is 4. The summed E-state index contributed by atoms with van der Waals surface area (Å²) < 4.78 is 14.8. The first-order valence-electron chi connectivity index (χ1n) is 7.91. The summed E-state index contributed by atoms with van der Waals surface area (Å²) >= 11 is 0. The number of hydrogen-bond acceptors (Lipinski definition) is 5. The molecule has 1 saturated carbocycles. The number of carbonyl (C=O) groups excluding carboxylic acids is 1. The summed E-state index contributed by atoms with van der Waals surface area (Å²) in [6, 6.07) is 5.16. The van der Waals surface area contributed by atoms with Crippen LogP contribution in [0, 0.1) is 18.2 Å². The molecule has 2 N–H and O–H groups in total. The number of benzene rings is 1. The zero-order chi connectivity index (χ0) is 18.0. The molecule has 0 spiro atoms. The Bertz CT molecular complexity index is 803. The van der Waals surface area contributed by atoms with Crippen LogP contribution in [0.1, 0.15) is 30.3 Å². The number of nitrogens with one attached hydrogen (secondary N) is 1. The normalized spacial score (nSPS) is 16.2. The Labute approximate surface area is 143 Å². The highest BCUT2D eigenvalue weighted by molar-refractivity contribution is 5.83. The standard InChI is InChI=1S/C16H18FN5O3/c1-10-19-20-21-22(10)13(8-11-3-2-4-12(17)7-11)14(23)18-9-16(5-6-16)15(24)25/h2-4,7,13H,5-6,8-9H2,1H3,(H,18,23)(H,24,25). The zero-order valence-corrected chi connectivity index (χ0v) is 13.6. The van der Waals surface area contributed by atoms with E-state index in [2.05, 4.69) is 20.8 Å². The molecular formula is C16H18FN5O3. The molecule has 1 aromatic heterocycles. The van der Waals surface area contributed by atoms with Gasteiger partial charge >= 0.3 is 5.97 Å². The number of halogens is 1. The van der Waals surface area contributed by atoms with E-state index in [1.807, 2.05) is 0 Å². The quantitative estimate of drug-likeness (QED) is 0.769. The predicted octanol–water partition coefficient (Wildman–Crippen LogP) is 0.885. The van der Waals surface area contributed by atoms with Crippen LogP contribution >= 0.6 is 0 Å². The average molecular weight is 347 g/mol. The van der Waals surface area contributed by atoms with Gasteiger partial charge in [0.25, 0.3) is 0 Å². The Morgan fingerprint density at radius 1 is 1.44 bits per heavy atom. The Balaban J connectivity index is 1.78. The number of aryl methyl sites for hydroxylation is 1. The lowest BCUT2D eigenvalue weighted by molar-refractivity contribution is -0.143. The number of carbonyl (C=O) groups is 2. The minimum Gasteiger partial charge on any atom is -0.481 e. The van der Waals surface area contributed by atoms with Crippen molar-refractivity contribution in [2.24, 2.45) is 5.41 Å². The van der Waals surface area contributed by atoms with Crippen molar-refractivity contribution in [2.45, 2.75) is 32.2 Å². The van der Waals surface area contributed by atoms with Gasteiger partial charge in [0, 0.05) is 13.0 Å². The highest BCUT2D eigenvalue weighted by Gasteiger charge is 2.50. The van der Waals surface area contributed by atoms with E-state index >= 15 is 0 Å². The number of aliphatic carboxylic acids is 1. The van der Waals surface area contributed by atoms with Gasteiger partial charge in [-0.1, -0.05) is 12.1 Å². The second kappa shape index (κ2) is 6.58. The van der Waals surface area contributed by atoms with Crippen LogP contribution in [0.3, 0.4) is 0 Å². The van der Waals surface area contributed by atoms with E-state index in [4.69, 9.17) is 0 Å². The van der Waals surface area contributed by atoms with Gasteiger partial charge in [0.05, 0.1) is 5.41 Å². The number of amides is 1. The highest BCUT2D eigenvalue weighted by Crippen LogP contribution is 2.45. The van der Waals surface area contributed by atoms with E-state index in [9.17, 15) is 19.1 Å². The number of hydrogen-bond donors (Lipinski definition) is 2. The van der Waals surface area contributed by atoms with E-state index < -0.39 is 29.2 Å². The molecule has 0 saturated heterocycles. The molecule has 1 aliphatic carbocycles. The summed E-state index contributed by atoms with van der Waals surface area (Å²) in [5.74, 6) is -1.26. The van der Waals surface area contributed by atoms with Crippen LogP contribution in [0.5, 0.6) is 0 Å². The zero-order valence-electron chi connectivity index (χ0n) is 13.6. The van der Waals surface area contributed by atoms with E-state index in [1.165, 1.54) is 16.8 Å². The van der Waals surface area contributed by atoms with Crippen LogP contribution in [0.2, 0.25) is 0 Å².